The van der Waals surface area contributed by atoms with E-state index in [9.17, 15) is 14.4 Å². The van der Waals surface area contributed by atoms with Crippen molar-refractivity contribution in [3.63, 3.8) is 0 Å². The standard InChI is InChI=1S/C21H19NO7/c1-12-8-15(10-18(23)27-12)28-14-6-7-22(11-14)20(24)16-9-13-4-3-5-17(26-2)19(13)29-21(16)25/h3-5,8-10,14H,6-7,11H2,1-2H3. The molecule has 1 amide bonds. The van der Waals surface area contributed by atoms with Gasteiger partial charge in [0.2, 0.25) is 0 Å². The van der Waals surface area contributed by atoms with Gasteiger partial charge in [-0.15, -0.1) is 0 Å². The first kappa shape index (κ1) is 18.8. The van der Waals surface area contributed by atoms with E-state index in [1.54, 1.807) is 36.1 Å². The SMILES string of the molecule is COc1cccc2cc(C(=O)N3CCC(Oc4cc(C)oc(=O)c4)C3)c(=O)oc12. The van der Waals surface area contributed by atoms with E-state index in [1.165, 1.54) is 19.2 Å². The van der Waals surface area contributed by atoms with E-state index in [4.69, 9.17) is 18.3 Å². The molecule has 3 aromatic rings. The molecular weight excluding hydrogens is 378 g/mol. The number of para-hydroxylation sites is 1. The van der Waals surface area contributed by atoms with Crippen molar-refractivity contribution in [2.24, 2.45) is 0 Å². The van der Waals surface area contributed by atoms with Crippen LogP contribution in [0.2, 0.25) is 0 Å². The lowest BCUT2D eigenvalue weighted by Gasteiger charge is -2.17. The molecule has 1 saturated heterocycles. The van der Waals surface area contributed by atoms with Crippen LogP contribution in [0, 0.1) is 6.92 Å². The number of nitrogens with zero attached hydrogens (tertiary/aromatic N) is 1. The quantitative estimate of drug-likeness (QED) is 0.623. The third-order valence-electron chi connectivity index (χ3n) is 4.78. The fraction of sp³-hybridized carbons (Fsp3) is 0.286. The maximum absolute atomic E-state index is 12.9. The van der Waals surface area contributed by atoms with Gasteiger partial charge in [-0.05, 0) is 19.1 Å². The molecule has 8 heteroatoms. The van der Waals surface area contributed by atoms with Crippen LogP contribution in [-0.4, -0.2) is 37.1 Å². The summed E-state index contributed by atoms with van der Waals surface area (Å²) in [6, 6.07) is 9.59. The van der Waals surface area contributed by atoms with Crippen molar-refractivity contribution in [3.05, 3.63) is 68.6 Å². The van der Waals surface area contributed by atoms with Crippen LogP contribution in [0.4, 0.5) is 0 Å². The minimum absolute atomic E-state index is 0.0393. The summed E-state index contributed by atoms with van der Waals surface area (Å²) in [5.41, 5.74) is -0.942. The number of rotatable bonds is 4. The van der Waals surface area contributed by atoms with E-state index in [1.807, 2.05) is 0 Å². The van der Waals surface area contributed by atoms with Crippen molar-refractivity contribution in [2.75, 3.05) is 20.2 Å². The highest BCUT2D eigenvalue weighted by Gasteiger charge is 2.30. The first-order valence-electron chi connectivity index (χ1n) is 9.13. The second-order valence-corrected chi connectivity index (χ2v) is 6.83. The second-order valence-electron chi connectivity index (χ2n) is 6.83. The van der Waals surface area contributed by atoms with Gasteiger partial charge in [-0.25, -0.2) is 9.59 Å². The van der Waals surface area contributed by atoms with Gasteiger partial charge in [0, 0.05) is 24.4 Å². The van der Waals surface area contributed by atoms with Gasteiger partial charge in [-0.1, -0.05) is 12.1 Å². The Bertz CT molecular complexity index is 1190. The smallest absolute Gasteiger partial charge is 0.349 e. The lowest BCUT2D eigenvalue weighted by atomic mass is 10.1. The zero-order valence-electron chi connectivity index (χ0n) is 16.0. The van der Waals surface area contributed by atoms with Gasteiger partial charge in [-0.2, -0.15) is 0 Å². The number of hydrogen-bond acceptors (Lipinski definition) is 7. The third-order valence-corrected chi connectivity index (χ3v) is 4.78. The number of methoxy groups -OCH3 is 1. The number of fused-ring (bicyclic) bond motifs is 1. The Morgan fingerprint density at radius 2 is 2.00 bits per heavy atom. The van der Waals surface area contributed by atoms with Crippen molar-refractivity contribution in [1.29, 1.82) is 0 Å². The predicted molar refractivity (Wildman–Crippen MR) is 104 cm³/mol. The molecule has 0 aliphatic carbocycles. The molecule has 29 heavy (non-hydrogen) atoms. The van der Waals surface area contributed by atoms with Crippen LogP contribution in [-0.2, 0) is 0 Å². The maximum Gasteiger partial charge on any atom is 0.349 e. The van der Waals surface area contributed by atoms with Crippen molar-refractivity contribution >= 4 is 16.9 Å². The highest BCUT2D eigenvalue weighted by Crippen LogP contribution is 2.25. The van der Waals surface area contributed by atoms with Gasteiger partial charge in [0.1, 0.15) is 23.2 Å². The molecule has 1 aromatic carbocycles. The Kier molecular flexibility index (Phi) is 4.84. The Hall–Kier alpha value is -3.55. The zero-order valence-corrected chi connectivity index (χ0v) is 16.0. The first-order valence-corrected chi connectivity index (χ1v) is 9.13. The van der Waals surface area contributed by atoms with E-state index < -0.39 is 17.2 Å². The van der Waals surface area contributed by atoms with Gasteiger partial charge in [-0.3, -0.25) is 4.79 Å². The Labute approximate surface area is 165 Å². The molecule has 1 unspecified atom stereocenters. The van der Waals surface area contributed by atoms with Crippen molar-refractivity contribution in [3.8, 4) is 11.5 Å². The molecule has 4 rings (SSSR count). The molecular formula is C21H19NO7. The van der Waals surface area contributed by atoms with E-state index in [0.717, 1.165) is 0 Å². The summed E-state index contributed by atoms with van der Waals surface area (Å²) < 4.78 is 21.3. The summed E-state index contributed by atoms with van der Waals surface area (Å²) in [5.74, 6) is 0.854. The van der Waals surface area contributed by atoms with Gasteiger partial charge >= 0.3 is 11.3 Å². The molecule has 150 valence electrons. The fourth-order valence-electron chi connectivity index (χ4n) is 3.44. The number of hydrogen-bond donors (Lipinski definition) is 0. The van der Waals surface area contributed by atoms with Crippen LogP contribution in [0.3, 0.4) is 0 Å². The van der Waals surface area contributed by atoms with Gasteiger partial charge in [0.05, 0.1) is 19.7 Å². The second kappa shape index (κ2) is 7.46. The van der Waals surface area contributed by atoms with Crippen molar-refractivity contribution in [2.45, 2.75) is 19.4 Å². The number of aryl methyl sites for hydroxylation is 1. The highest BCUT2D eigenvalue weighted by molar-refractivity contribution is 5.97. The molecule has 8 nitrogen and oxygen atoms in total. The number of benzene rings is 1. The largest absolute Gasteiger partial charge is 0.493 e. The first-order chi connectivity index (χ1) is 13.9. The average Bonchev–Trinajstić information content (AvgIpc) is 3.14. The number of likely N-dealkylation sites (tertiary alicyclic amines) is 1. The number of carbonyl (C=O) groups is 1. The third kappa shape index (κ3) is 3.73. The Morgan fingerprint density at radius 3 is 2.76 bits per heavy atom. The number of amides is 1. The van der Waals surface area contributed by atoms with Crippen LogP contribution in [0.15, 0.2) is 54.8 Å². The lowest BCUT2D eigenvalue weighted by molar-refractivity contribution is 0.0768. The Balaban J connectivity index is 1.54. The molecule has 1 aliphatic heterocycles. The summed E-state index contributed by atoms with van der Waals surface area (Å²) in [6.45, 7) is 2.39. The fourth-order valence-corrected chi connectivity index (χ4v) is 3.44. The maximum atomic E-state index is 12.9. The molecule has 0 bridgehead atoms. The van der Waals surface area contributed by atoms with E-state index in [0.29, 0.717) is 47.7 Å². The highest BCUT2D eigenvalue weighted by atomic mass is 16.5. The van der Waals surface area contributed by atoms with Crippen LogP contribution < -0.4 is 20.7 Å². The molecule has 1 fully saturated rings. The lowest BCUT2D eigenvalue weighted by Crippen LogP contribution is -2.33. The molecule has 0 radical (unpaired) electrons. The summed E-state index contributed by atoms with van der Waals surface area (Å²) >= 11 is 0. The molecule has 0 N–H and O–H groups in total. The molecule has 1 aliphatic rings. The van der Waals surface area contributed by atoms with Crippen LogP contribution >= 0.6 is 0 Å². The van der Waals surface area contributed by atoms with Gasteiger partial charge < -0.3 is 23.2 Å². The van der Waals surface area contributed by atoms with Crippen LogP contribution in [0.5, 0.6) is 11.5 Å². The number of carbonyl (C=O) groups excluding carboxylic acids is 1. The van der Waals surface area contributed by atoms with Gasteiger partial charge in [0.25, 0.3) is 5.91 Å². The monoisotopic (exact) mass is 397 g/mol. The van der Waals surface area contributed by atoms with Crippen LogP contribution in [0.1, 0.15) is 22.5 Å². The van der Waals surface area contributed by atoms with E-state index in [-0.39, 0.29) is 11.7 Å². The summed E-state index contributed by atoms with van der Waals surface area (Å²) in [7, 11) is 1.48. The van der Waals surface area contributed by atoms with Gasteiger partial charge in [0.15, 0.2) is 11.3 Å². The van der Waals surface area contributed by atoms with E-state index >= 15 is 0 Å². The normalized spacial score (nSPS) is 16.2. The molecule has 0 saturated carbocycles. The minimum Gasteiger partial charge on any atom is -0.493 e. The van der Waals surface area contributed by atoms with E-state index in [2.05, 4.69) is 0 Å². The molecule has 1 atom stereocenters. The molecule has 3 heterocycles. The molecule has 0 spiro atoms. The van der Waals surface area contributed by atoms with Crippen LogP contribution in [0.25, 0.3) is 11.0 Å². The van der Waals surface area contributed by atoms with Crippen molar-refractivity contribution in [1.82, 2.24) is 4.90 Å². The summed E-state index contributed by atoms with van der Waals surface area (Å²) in [4.78, 5) is 38.3. The zero-order chi connectivity index (χ0) is 20.5. The topological polar surface area (TPSA) is 99.2 Å². The van der Waals surface area contributed by atoms with Crippen molar-refractivity contribution < 1.29 is 23.1 Å². The Morgan fingerprint density at radius 1 is 1.17 bits per heavy atom. The number of ether oxygens (including phenoxy) is 2. The summed E-state index contributed by atoms with van der Waals surface area (Å²) in [6.07, 6.45) is 0.297. The molecule has 2 aromatic heterocycles. The minimum atomic E-state index is -0.715. The predicted octanol–water partition coefficient (Wildman–Crippen LogP) is 2.36. The average molecular weight is 397 g/mol. The summed E-state index contributed by atoms with van der Waals surface area (Å²) in [5, 5.41) is 0.603.